The van der Waals surface area contributed by atoms with Gasteiger partial charge >= 0.3 is 5.97 Å². The molecule has 1 N–H and O–H groups in total. The second kappa shape index (κ2) is 3.74. The lowest BCUT2D eigenvalue weighted by molar-refractivity contribution is -0.136. The summed E-state index contributed by atoms with van der Waals surface area (Å²) in [5, 5.41) is 8.52. The van der Waals surface area contributed by atoms with Gasteiger partial charge in [-0.15, -0.1) is 0 Å². The quantitative estimate of drug-likeness (QED) is 0.838. The molecule has 0 bridgehead atoms. The molecule has 0 saturated heterocycles. The lowest BCUT2D eigenvalue weighted by Gasteiger charge is -2.02. The average Bonchev–Trinajstić information content (AvgIpc) is 1.99. The third-order valence-corrected chi connectivity index (χ3v) is 2.31. The molecule has 1 rings (SSSR count). The molecule has 70 valence electrons. The number of aliphatic carboxylic acids is 1. The Bertz CT molecular complexity index is 397. The maximum Gasteiger partial charge on any atom is 0.307 e. The Morgan fingerprint density at radius 3 is 2.85 bits per heavy atom. The molecule has 0 aliphatic rings. The minimum absolute atomic E-state index is 0.142. The van der Waals surface area contributed by atoms with Crippen molar-refractivity contribution in [2.75, 3.05) is 0 Å². The van der Waals surface area contributed by atoms with Crippen molar-refractivity contribution in [3.8, 4) is 0 Å². The van der Waals surface area contributed by atoms with Crippen LogP contribution in [0.3, 0.4) is 0 Å². The van der Waals surface area contributed by atoms with E-state index in [4.69, 9.17) is 5.11 Å². The summed E-state index contributed by atoms with van der Waals surface area (Å²) in [6, 6.07) is 1.32. The molecule has 0 aliphatic carbocycles. The van der Waals surface area contributed by atoms with Crippen LogP contribution in [-0.4, -0.2) is 15.6 Å². The van der Waals surface area contributed by atoms with Crippen LogP contribution in [-0.2, 0) is 18.3 Å². The Hall–Kier alpha value is -1.10. The maximum atomic E-state index is 11.1. The van der Waals surface area contributed by atoms with E-state index in [1.54, 1.807) is 13.2 Å². The normalized spacial score (nSPS) is 10.0. The monoisotopic (exact) mass is 245 g/mol. The maximum absolute atomic E-state index is 11.1. The molecule has 0 atom stereocenters. The van der Waals surface area contributed by atoms with Crippen molar-refractivity contribution in [3.63, 3.8) is 0 Å². The fraction of sp³-hybridized carbons (Fsp3) is 0.250. The standard InChI is InChI=1S/C8H8BrNO3/c1-10-4-6(9)5(2-7(10)11)3-8(12)13/h2,4H,3H2,1H3,(H,12,13). The van der Waals surface area contributed by atoms with Crippen LogP contribution in [0.4, 0.5) is 0 Å². The number of aryl methyl sites for hydroxylation is 1. The number of hydrogen-bond acceptors (Lipinski definition) is 2. The van der Waals surface area contributed by atoms with Crippen molar-refractivity contribution in [1.29, 1.82) is 0 Å². The largest absolute Gasteiger partial charge is 0.481 e. The average molecular weight is 246 g/mol. The van der Waals surface area contributed by atoms with Gasteiger partial charge in [0, 0.05) is 23.8 Å². The van der Waals surface area contributed by atoms with E-state index in [0.717, 1.165) is 0 Å². The number of halogens is 1. The topological polar surface area (TPSA) is 59.3 Å². The summed E-state index contributed by atoms with van der Waals surface area (Å²) in [7, 11) is 1.61. The summed E-state index contributed by atoms with van der Waals surface area (Å²) >= 11 is 3.19. The first kappa shape index (κ1) is 9.98. The van der Waals surface area contributed by atoms with E-state index in [9.17, 15) is 9.59 Å². The second-order valence-corrected chi connectivity index (χ2v) is 3.52. The molecule has 0 aliphatic heterocycles. The number of carbonyl (C=O) groups is 1. The minimum Gasteiger partial charge on any atom is -0.481 e. The van der Waals surface area contributed by atoms with Gasteiger partial charge in [-0.1, -0.05) is 0 Å². The predicted molar refractivity (Wildman–Crippen MR) is 50.7 cm³/mol. The minimum atomic E-state index is -0.950. The Morgan fingerprint density at radius 2 is 2.31 bits per heavy atom. The van der Waals surface area contributed by atoms with Crippen LogP contribution in [0.25, 0.3) is 0 Å². The summed E-state index contributed by atoms with van der Waals surface area (Å²) in [6.07, 6.45) is 1.41. The lowest BCUT2D eigenvalue weighted by Crippen LogP contribution is -2.17. The van der Waals surface area contributed by atoms with Gasteiger partial charge in [-0.3, -0.25) is 9.59 Å². The molecule has 0 spiro atoms. The van der Waals surface area contributed by atoms with Crippen LogP contribution in [0.2, 0.25) is 0 Å². The van der Waals surface area contributed by atoms with Crippen LogP contribution in [0.5, 0.6) is 0 Å². The van der Waals surface area contributed by atoms with Crippen molar-refractivity contribution in [2.45, 2.75) is 6.42 Å². The molecular weight excluding hydrogens is 238 g/mol. The van der Waals surface area contributed by atoms with Crippen LogP contribution in [0, 0.1) is 0 Å². The number of nitrogens with zero attached hydrogens (tertiary/aromatic N) is 1. The second-order valence-electron chi connectivity index (χ2n) is 2.67. The molecule has 0 aromatic carbocycles. The van der Waals surface area contributed by atoms with Crippen LogP contribution >= 0.6 is 15.9 Å². The van der Waals surface area contributed by atoms with Crippen molar-refractivity contribution in [3.05, 3.63) is 32.7 Å². The third-order valence-electron chi connectivity index (χ3n) is 1.60. The van der Waals surface area contributed by atoms with E-state index in [2.05, 4.69) is 15.9 Å². The first-order valence-electron chi connectivity index (χ1n) is 3.57. The molecule has 0 radical (unpaired) electrons. The summed E-state index contributed by atoms with van der Waals surface area (Å²) < 4.78 is 2.02. The Labute approximate surface area is 82.9 Å². The highest BCUT2D eigenvalue weighted by atomic mass is 79.9. The van der Waals surface area contributed by atoms with Crippen molar-refractivity contribution >= 4 is 21.9 Å². The molecule has 5 heteroatoms. The van der Waals surface area contributed by atoms with Crippen LogP contribution in [0.15, 0.2) is 21.5 Å². The summed E-state index contributed by atoms with van der Waals surface area (Å²) in [5.74, 6) is -0.950. The molecule has 1 heterocycles. The molecule has 1 aromatic rings. The highest BCUT2D eigenvalue weighted by Gasteiger charge is 2.06. The van der Waals surface area contributed by atoms with Gasteiger partial charge in [-0.05, 0) is 21.5 Å². The number of pyridine rings is 1. The van der Waals surface area contributed by atoms with Gasteiger partial charge < -0.3 is 9.67 Å². The predicted octanol–water partition coefficient (Wildman–Crippen LogP) is 0.775. The fourth-order valence-corrected chi connectivity index (χ4v) is 1.50. The first-order chi connectivity index (χ1) is 6.00. The molecule has 0 saturated carbocycles. The van der Waals surface area contributed by atoms with Gasteiger partial charge in [0.2, 0.25) is 0 Å². The van der Waals surface area contributed by atoms with E-state index < -0.39 is 5.97 Å². The number of hydrogen-bond donors (Lipinski definition) is 1. The summed E-state index contributed by atoms with van der Waals surface area (Å²) in [5.41, 5.74) is 0.287. The van der Waals surface area contributed by atoms with Gasteiger partial charge in [0.15, 0.2) is 0 Å². The van der Waals surface area contributed by atoms with Crippen LogP contribution < -0.4 is 5.56 Å². The van der Waals surface area contributed by atoms with Crippen LogP contribution in [0.1, 0.15) is 5.56 Å². The number of carboxylic acids is 1. The Kier molecular flexibility index (Phi) is 2.87. The zero-order valence-electron chi connectivity index (χ0n) is 6.95. The van der Waals surface area contributed by atoms with E-state index in [1.807, 2.05) is 0 Å². The van der Waals surface area contributed by atoms with E-state index in [1.165, 1.54) is 10.6 Å². The van der Waals surface area contributed by atoms with Crippen molar-refractivity contribution in [2.24, 2.45) is 7.05 Å². The molecule has 1 aromatic heterocycles. The van der Waals surface area contributed by atoms with Gasteiger partial charge in [0.1, 0.15) is 0 Å². The lowest BCUT2D eigenvalue weighted by atomic mass is 10.2. The highest BCUT2D eigenvalue weighted by molar-refractivity contribution is 9.10. The van der Waals surface area contributed by atoms with E-state index >= 15 is 0 Å². The van der Waals surface area contributed by atoms with Gasteiger partial charge in [0.05, 0.1) is 6.42 Å². The number of carboxylic acid groups (broad SMARTS) is 1. The molecule has 0 unspecified atom stereocenters. The first-order valence-corrected chi connectivity index (χ1v) is 4.37. The molecule has 0 fully saturated rings. The van der Waals surface area contributed by atoms with E-state index in [-0.39, 0.29) is 12.0 Å². The zero-order valence-corrected chi connectivity index (χ0v) is 8.54. The van der Waals surface area contributed by atoms with Gasteiger partial charge in [-0.25, -0.2) is 0 Å². The third kappa shape index (κ3) is 2.42. The van der Waals surface area contributed by atoms with Crippen molar-refractivity contribution < 1.29 is 9.90 Å². The zero-order chi connectivity index (χ0) is 10.0. The molecule has 4 nitrogen and oxygen atoms in total. The smallest absolute Gasteiger partial charge is 0.307 e. The Morgan fingerprint density at radius 1 is 1.69 bits per heavy atom. The van der Waals surface area contributed by atoms with Gasteiger partial charge in [0.25, 0.3) is 5.56 Å². The highest BCUT2D eigenvalue weighted by Crippen LogP contribution is 2.13. The SMILES string of the molecule is Cn1cc(Br)c(CC(=O)O)cc1=O. The summed E-state index contributed by atoms with van der Waals surface area (Å²) in [4.78, 5) is 21.5. The summed E-state index contributed by atoms with van der Waals surface area (Å²) in [6.45, 7) is 0. The molecule has 13 heavy (non-hydrogen) atoms. The van der Waals surface area contributed by atoms with Crippen molar-refractivity contribution in [1.82, 2.24) is 4.57 Å². The Balaban J connectivity index is 3.16. The number of rotatable bonds is 2. The fourth-order valence-electron chi connectivity index (χ4n) is 0.935. The molecule has 0 amide bonds. The van der Waals surface area contributed by atoms with Gasteiger partial charge in [-0.2, -0.15) is 0 Å². The molecular formula is C8H8BrNO3. The number of aromatic nitrogens is 1. The van der Waals surface area contributed by atoms with E-state index in [0.29, 0.717) is 10.0 Å².